The third kappa shape index (κ3) is 3.10. The molecule has 1 saturated heterocycles. The van der Waals surface area contributed by atoms with Crippen molar-refractivity contribution in [2.75, 3.05) is 13.1 Å². The molecule has 3 nitrogen and oxygen atoms in total. The number of likely N-dealkylation sites (tertiary alicyclic amines) is 1. The predicted molar refractivity (Wildman–Crippen MR) is 73.3 cm³/mol. The maximum absolute atomic E-state index is 11.3. The molecule has 18 heavy (non-hydrogen) atoms. The van der Waals surface area contributed by atoms with Crippen molar-refractivity contribution < 1.29 is 4.79 Å². The molecule has 2 N–H and O–H groups in total. The second-order valence-electron chi connectivity index (χ2n) is 5.20. The zero-order valence-electron chi connectivity index (χ0n) is 11.0. The Hall–Kier alpha value is -1.35. The topological polar surface area (TPSA) is 46.3 Å². The summed E-state index contributed by atoms with van der Waals surface area (Å²) in [6, 6.07) is 10.5. The molecule has 2 atom stereocenters. The van der Waals surface area contributed by atoms with E-state index in [-0.39, 0.29) is 11.9 Å². The van der Waals surface area contributed by atoms with Gasteiger partial charge in [0.25, 0.3) is 0 Å². The SMILES string of the molecule is C[C@H](CCN1CCC[C@@H]1C(N)=O)c1ccccc1. The number of benzene rings is 1. The highest BCUT2D eigenvalue weighted by atomic mass is 16.1. The predicted octanol–water partition coefficient (Wildman–Crippen LogP) is 2.13. The Morgan fingerprint density at radius 1 is 1.44 bits per heavy atom. The Balaban J connectivity index is 1.86. The number of nitrogens with two attached hydrogens (primary N) is 1. The summed E-state index contributed by atoms with van der Waals surface area (Å²) in [6.45, 7) is 4.21. The summed E-state index contributed by atoms with van der Waals surface area (Å²) in [6.07, 6.45) is 3.09. The quantitative estimate of drug-likeness (QED) is 0.865. The zero-order valence-corrected chi connectivity index (χ0v) is 11.0. The molecule has 1 aliphatic heterocycles. The highest BCUT2D eigenvalue weighted by Crippen LogP contribution is 2.22. The molecule has 2 rings (SSSR count). The van der Waals surface area contributed by atoms with Crippen LogP contribution in [0.4, 0.5) is 0 Å². The normalized spacial score (nSPS) is 21.9. The Kier molecular flexibility index (Phi) is 4.37. The van der Waals surface area contributed by atoms with Gasteiger partial charge in [-0.25, -0.2) is 0 Å². The lowest BCUT2D eigenvalue weighted by Crippen LogP contribution is -2.40. The highest BCUT2D eigenvalue weighted by Gasteiger charge is 2.28. The summed E-state index contributed by atoms with van der Waals surface area (Å²) < 4.78 is 0. The van der Waals surface area contributed by atoms with Crippen molar-refractivity contribution in [2.24, 2.45) is 5.73 Å². The standard InChI is InChI=1S/C15H22N2O/c1-12(13-6-3-2-4-7-13)9-11-17-10-5-8-14(17)15(16)18/h2-4,6-7,12,14H,5,8-11H2,1H3,(H2,16,18)/t12-,14-/m1/s1. The number of carbonyl (C=O) groups excluding carboxylic acids is 1. The van der Waals surface area contributed by atoms with E-state index in [4.69, 9.17) is 5.73 Å². The summed E-state index contributed by atoms with van der Waals surface area (Å²) in [4.78, 5) is 13.5. The van der Waals surface area contributed by atoms with Crippen LogP contribution in [-0.2, 0) is 4.79 Å². The molecule has 0 saturated carbocycles. The van der Waals surface area contributed by atoms with E-state index in [1.165, 1.54) is 5.56 Å². The molecule has 1 fully saturated rings. The van der Waals surface area contributed by atoms with E-state index >= 15 is 0 Å². The number of hydrogen-bond acceptors (Lipinski definition) is 2. The van der Waals surface area contributed by atoms with Crippen molar-refractivity contribution in [3.63, 3.8) is 0 Å². The van der Waals surface area contributed by atoms with Crippen LogP contribution in [0.5, 0.6) is 0 Å². The van der Waals surface area contributed by atoms with E-state index in [0.717, 1.165) is 32.4 Å². The smallest absolute Gasteiger partial charge is 0.234 e. The van der Waals surface area contributed by atoms with Gasteiger partial charge in [0, 0.05) is 0 Å². The summed E-state index contributed by atoms with van der Waals surface area (Å²) in [5.41, 5.74) is 6.79. The average molecular weight is 246 g/mol. The molecule has 3 heteroatoms. The van der Waals surface area contributed by atoms with Crippen LogP contribution in [0.2, 0.25) is 0 Å². The third-order valence-electron chi connectivity index (χ3n) is 3.91. The lowest BCUT2D eigenvalue weighted by molar-refractivity contribution is -0.122. The third-order valence-corrected chi connectivity index (χ3v) is 3.91. The van der Waals surface area contributed by atoms with Crippen molar-refractivity contribution in [1.29, 1.82) is 0 Å². The van der Waals surface area contributed by atoms with Crippen LogP contribution in [0, 0.1) is 0 Å². The Morgan fingerprint density at radius 3 is 2.83 bits per heavy atom. The minimum atomic E-state index is -0.167. The van der Waals surface area contributed by atoms with E-state index in [2.05, 4.69) is 36.1 Å². The van der Waals surface area contributed by atoms with Gasteiger partial charge in [0.15, 0.2) is 0 Å². The number of rotatable bonds is 5. The molecular weight excluding hydrogens is 224 g/mol. The fraction of sp³-hybridized carbons (Fsp3) is 0.533. The number of hydrogen-bond donors (Lipinski definition) is 1. The van der Waals surface area contributed by atoms with Crippen molar-refractivity contribution >= 4 is 5.91 Å². The van der Waals surface area contributed by atoms with Crippen molar-refractivity contribution in [2.45, 2.75) is 38.1 Å². The van der Waals surface area contributed by atoms with Crippen LogP contribution < -0.4 is 5.73 Å². The van der Waals surface area contributed by atoms with Gasteiger partial charge in [0.05, 0.1) is 6.04 Å². The number of carbonyl (C=O) groups is 1. The lowest BCUT2D eigenvalue weighted by atomic mass is 9.97. The Labute approximate surface area is 109 Å². The van der Waals surface area contributed by atoms with Gasteiger partial charge in [-0.05, 0) is 43.8 Å². The van der Waals surface area contributed by atoms with Crippen LogP contribution in [0.3, 0.4) is 0 Å². The molecule has 0 bridgehead atoms. The maximum Gasteiger partial charge on any atom is 0.234 e. The molecular formula is C15H22N2O. The largest absolute Gasteiger partial charge is 0.368 e. The summed E-state index contributed by atoms with van der Waals surface area (Å²) in [7, 11) is 0. The molecule has 0 spiro atoms. The molecule has 0 unspecified atom stereocenters. The number of amides is 1. The maximum atomic E-state index is 11.3. The lowest BCUT2D eigenvalue weighted by Gasteiger charge is -2.23. The van der Waals surface area contributed by atoms with Crippen LogP contribution in [0.15, 0.2) is 30.3 Å². The molecule has 0 aliphatic carbocycles. The van der Waals surface area contributed by atoms with Gasteiger partial charge in [-0.15, -0.1) is 0 Å². The van der Waals surface area contributed by atoms with Gasteiger partial charge >= 0.3 is 0 Å². The first-order valence-corrected chi connectivity index (χ1v) is 6.77. The Morgan fingerprint density at radius 2 is 2.17 bits per heavy atom. The zero-order chi connectivity index (χ0) is 13.0. The van der Waals surface area contributed by atoms with Gasteiger partial charge in [-0.1, -0.05) is 37.3 Å². The monoisotopic (exact) mass is 246 g/mol. The van der Waals surface area contributed by atoms with Crippen LogP contribution >= 0.6 is 0 Å². The molecule has 98 valence electrons. The van der Waals surface area contributed by atoms with Crippen molar-refractivity contribution in [3.8, 4) is 0 Å². The molecule has 0 aromatic heterocycles. The van der Waals surface area contributed by atoms with Gasteiger partial charge in [0.2, 0.25) is 5.91 Å². The fourth-order valence-electron chi connectivity index (χ4n) is 2.72. The van der Waals surface area contributed by atoms with Crippen LogP contribution in [-0.4, -0.2) is 29.9 Å². The van der Waals surface area contributed by atoms with Crippen LogP contribution in [0.25, 0.3) is 0 Å². The molecule has 0 radical (unpaired) electrons. The van der Waals surface area contributed by atoms with E-state index in [1.54, 1.807) is 0 Å². The Bertz CT molecular complexity index is 391. The average Bonchev–Trinajstić information content (AvgIpc) is 2.85. The van der Waals surface area contributed by atoms with Gasteiger partial charge in [-0.3, -0.25) is 9.69 Å². The van der Waals surface area contributed by atoms with E-state index < -0.39 is 0 Å². The van der Waals surface area contributed by atoms with Gasteiger partial charge in [-0.2, -0.15) is 0 Å². The van der Waals surface area contributed by atoms with E-state index in [0.29, 0.717) is 5.92 Å². The highest BCUT2D eigenvalue weighted by molar-refractivity contribution is 5.80. The molecule has 1 aromatic carbocycles. The summed E-state index contributed by atoms with van der Waals surface area (Å²) in [5.74, 6) is 0.361. The van der Waals surface area contributed by atoms with Gasteiger partial charge in [0.1, 0.15) is 0 Å². The molecule has 1 heterocycles. The van der Waals surface area contributed by atoms with Crippen molar-refractivity contribution in [3.05, 3.63) is 35.9 Å². The first kappa shape index (κ1) is 13.1. The molecule has 1 amide bonds. The van der Waals surface area contributed by atoms with Gasteiger partial charge < -0.3 is 5.73 Å². The second kappa shape index (κ2) is 6.01. The minimum absolute atomic E-state index is 0.0343. The molecule has 1 aromatic rings. The first-order valence-electron chi connectivity index (χ1n) is 6.77. The van der Waals surface area contributed by atoms with Crippen molar-refractivity contribution in [1.82, 2.24) is 4.90 Å². The number of primary amides is 1. The summed E-state index contributed by atoms with van der Waals surface area (Å²) >= 11 is 0. The first-order chi connectivity index (χ1) is 8.68. The minimum Gasteiger partial charge on any atom is -0.368 e. The van der Waals surface area contributed by atoms with E-state index in [1.807, 2.05) is 6.07 Å². The van der Waals surface area contributed by atoms with Crippen LogP contribution in [0.1, 0.15) is 37.7 Å². The van der Waals surface area contributed by atoms with E-state index in [9.17, 15) is 4.79 Å². The fourth-order valence-corrected chi connectivity index (χ4v) is 2.72. The number of nitrogens with zero attached hydrogens (tertiary/aromatic N) is 1. The summed E-state index contributed by atoms with van der Waals surface area (Å²) in [5, 5.41) is 0. The molecule has 1 aliphatic rings. The second-order valence-corrected chi connectivity index (χ2v) is 5.20.